The fourth-order valence-corrected chi connectivity index (χ4v) is 4.03. The first-order valence-corrected chi connectivity index (χ1v) is 9.93. The zero-order valence-corrected chi connectivity index (χ0v) is 16.2. The Balaban J connectivity index is 1.38. The number of aromatic nitrogens is 2. The molecular weight excluding hydrogens is 374 g/mol. The lowest BCUT2D eigenvalue weighted by atomic mass is 9.90. The second-order valence-corrected chi connectivity index (χ2v) is 7.76. The summed E-state index contributed by atoms with van der Waals surface area (Å²) in [5, 5.41) is 15.2. The summed E-state index contributed by atoms with van der Waals surface area (Å²) in [4.78, 5) is 25.5. The molecule has 0 saturated carbocycles. The highest BCUT2D eigenvalue weighted by atomic mass is 32.1. The molecule has 0 aliphatic carbocycles. The number of thiophene rings is 1. The van der Waals surface area contributed by atoms with E-state index < -0.39 is 0 Å². The summed E-state index contributed by atoms with van der Waals surface area (Å²) >= 11 is 1.39. The molecule has 1 aliphatic rings. The van der Waals surface area contributed by atoms with Crippen molar-refractivity contribution >= 4 is 34.5 Å². The summed E-state index contributed by atoms with van der Waals surface area (Å²) < 4.78 is 1.76. The van der Waals surface area contributed by atoms with Gasteiger partial charge in [0.05, 0.1) is 17.0 Å². The molecule has 0 spiro atoms. The van der Waals surface area contributed by atoms with Crippen molar-refractivity contribution in [3.05, 3.63) is 64.6 Å². The predicted octanol–water partition coefficient (Wildman–Crippen LogP) is 2.68. The fourth-order valence-electron chi connectivity index (χ4n) is 3.41. The van der Waals surface area contributed by atoms with E-state index in [9.17, 15) is 9.59 Å². The van der Waals surface area contributed by atoms with E-state index in [2.05, 4.69) is 21.0 Å². The minimum Gasteiger partial charge on any atom is -0.326 e. The molecule has 0 radical (unpaired) electrons. The molecule has 2 atom stereocenters. The summed E-state index contributed by atoms with van der Waals surface area (Å²) in [6, 6.07) is 10.8. The number of hydrogen-bond donors (Lipinski definition) is 3. The van der Waals surface area contributed by atoms with E-state index in [1.165, 1.54) is 11.3 Å². The summed E-state index contributed by atoms with van der Waals surface area (Å²) in [5.41, 5.74) is 2.46. The lowest BCUT2D eigenvalue weighted by Crippen LogP contribution is -2.28. The molecule has 2 aromatic heterocycles. The fraction of sp³-hybridized carbons (Fsp3) is 0.250. The second-order valence-electron chi connectivity index (χ2n) is 6.82. The Bertz CT molecular complexity index is 965. The van der Waals surface area contributed by atoms with Crippen LogP contribution in [0.1, 0.15) is 21.2 Å². The minimum atomic E-state index is -0.151. The Labute approximate surface area is 166 Å². The lowest BCUT2D eigenvalue weighted by Gasteiger charge is -2.17. The van der Waals surface area contributed by atoms with Gasteiger partial charge in [-0.05, 0) is 41.3 Å². The Morgan fingerprint density at radius 2 is 1.89 bits per heavy atom. The van der Waals surface area contributed by atoms with Crippen LogP contribution in [0.2, 0.25) is 0 Å². The third-order valence-electron chi connectivity index (χ3n) is 4.86. The van der Waals surface area contributed by atoms with Crippen molar-refractivity contribution in [2.75, 3.05) is 23.7 Å². The van der Waals surface area contributed by atoms with Crippen molar-refractivity contribution in [2.45, 2.75) is 5.92 Å². The van der Waals surface area contributed by atoms with Gasteiger partial charge >= 0.3 is 0 Å². The van der Waals surface area contributed by atoms with Crippen LogP contribution in [0.3, 0.4) is 0 Å². The highest BCUT2D eigenvalue weighted by Gasteiger charge is 2.34. The van der Waals surface area contributed by atoms with Gasteiger partial charge < -0.3 is 16.0 Å². The zero-order valence-electron chi connectivity index (χ0n) is 15.4. The molecule has 0 bridgehead atoms. The monoisotopic (exact) mass is 395 g/mol. The molecule has 1 saturated heterocycles. The summed E-state index contributed by atoms with van der Waals surface area (Å²) in [7, 11) is 1.87. The molecule has 7 nitrogen and oxygen atoms in total. The molecule has 144 valence electrons. The topological polar surface area (TPSA) is 88.0 Å². The zero-order chi connectivity index (χ0) is 19.5. The number of nitrogens with one attached hydrogen (secondary N) is 3. The van der Waals surface area contributed by atoms with E-state index >= 15 is 0 Å². The molecule has 0 unspecified atom stereocenters. The van der Waals surface area contributed by atoms with Crippen LogP contribution < -0.4 is 16.0 Å². The molecule has 4 rings (SSSR count). The molecule has 1 aliphatic heterocycles. The highest BCUT2D eigenvalue weighted by Crippen LogP contribution is 2.29. The first-order chi connectivity index (χ1) is 13.6. The van der Waals surface area contributed by atoms with Gasteiger partial charge in [0.25, 0.3) is 5.91 Å². The van der Waals surface area contributed by atoms with E-state index in [1.54, 1.807) is 35.0 Å². The molecule has 2 amide bonds. The van der Waals surface area contributed by atoms with Gasteiger partial charge in [0, 0.05) is 43.6 Å². The van der Waals surface area contributed by atoms with Crippen molar-refractivity contribution in [1.29, 1.82) is 0 Å². The standard InChI is InChI=1S/C20H21N5O2S/c1-25-12-13(9-22-25)16-10-21-11-17(16)19(26)23-14-4-6-15(7-5-14)24-20(27)18-3-2-8-28-18/h2-9,12,16-17,21H,10-11H2,1H3,(H,23,26)(H,24,27)/t16-,17+/m1/s1. The number of nitrogens with zero attached hydrogens (tertiary/aromatic N) is 2. The summed E-state index contributed by atoms with van der Waals surface area (Å²) in [6.45, 7) is 1.40. The quantitative estimate of drug-likeness (QED) is 0.620. The largest absolute Gasteiger partial charge is 0.326 e. The number of aryl methyl sites for hydroxylation is 1. The average Bonchev–Trinajstić information content (AvgIpc) is 3.44. The van der Waals surface area contributed by atoms with Crippen molar-refractivity contribution in [3.8, 4) is 0 Å². The van der Waals surface area contributed by atoms with Crippen LogP contribution in [0.4, 0.5) is 11.4 Å². The van der Waals surface area contributed by atoms with Crippen LogP contribution in [0.25, 0.3) is 0 Å². The smallest absolute Gasteiger partial charge is 0.265 e. The van der Waals surface area contributed by atoms with E-state index in [4.69, 9.17) is 0 Å². The van der Waals surface area contributed by atoms with E-state index in [-0.39, 0.29) is 23.7 Å². The van der Waals surface area contributed by atoms with E-state index in [0.717, 1.165) is 12.1 Å². The van der Waals surface area contributed by atoms with E-state index in [0.29, 0.717) is 22.8 Å². The Kier molecular flexibility index (Phi) is 5.23. The van der Waals surface area contributed by atoms with Gasteiger partial charge in [0.2, 0.25) is 5.91 Å². The van der Waals surface area contributed by atoms with Gasteiger partial charge in [-0.15, -0.1) is 11.3 Å². The first kappa shape index (κ1) is 18.4. The van der Waals surface area contributed by atoms with Crippen LogP contribution in [0.5, 0.6) is 0 Å². The van der Waals surface area contributed by atoms with Crippen molar-refractivity contribution in [3.63, 3.8) is 0 Å². The van der Waals surface area contributed by atoms with Crippen LogP contribution in [-0.4, -0.2) is 34.7 Å². The van der Waals surface area contributed by atoms with Gasteiger partial charge in [-0.25, -0.2) is 0 Å². The maximum atomic E-state index is 12.8. The van der Waals surface area contributed by atoms with Gasteiger partial charge in [-0.3, -0.25) is 14.3 Å². The number of amides is 2. The minimum absolute atomic E-state index is 0.0192. The van der Waals surface area contributed by atoms with Gasteiger partial charge in [-0.1, -0.05) is 6.07 Å². The van der Waals surface area contributed by atoms with Crippen molar-refractivity contribution in [1.82, 2.24) is 15.1 Å². The summed E-state index contributed by atoms with van der Waals surface area (Å²) in [5.74, 6) is -0.196. The number of carbonyl (C=O) groups is 2. The van der Waals surface area contributed by atoms with E-state index in [1.807, 2.05) is 30.9 Å². The van der Waals surface area contributed by atoms with Gasteiger partial charge in [0.15, 0.2) is 0 Å². The third-order valence-corrected chi connectivity index (χ3v) is 5.73. The van der Waals surface area contributed by atoms with Gasteiger partial charge in [0.1, 0.15) is 0 Å². The van der Waals surface area contributed by atoms with Crippen LogP contribution in [0.15, 0.2) is 54.2 Å². The van der Waals surface area contributed by atoms with Crippen LogP contribution in [0, 0.1) is 5.92 Å². The average molecular weight is 395 g/mol. The first-order valence-electron chi connectivity index (χ1n) is 9.05. The molecule has 1 aromatic carbocycles. The summed E-state index contributed by atoms with van der Waals surface area (Å²) in [6.07, 6.45) is 3.78. The molecular formula is C20H21N5O2S. The second kappa shape index (κ2) is 7.95. The molecule has 3 heterocycles. The lowest BCUT2D eigenvalue weighted by molar-refractivity contribution is -0.119. The maximum Gasteiger partial charge on any atom is 0.265 e. The molecule has 28 heavy (non-hydrogen) atoms. The Hall–Kier alpha value is -2.97. The number of hydrogen-bond acceptors (Lipinski definition) is 5. The molecule has 3 N–H and O–H groups in total. The Morgan fingerprint density at radius 3 is 2.54 bits per heavy atom. The molecule has 8 heteroatoms. The maximum absolute atomic E-state index is 12.8. The van der Waals surface area contributed by atoms with Crippen LogP contribution >= 0.6 is 11.3 Å². The molecule has 3 aromatic rings. The van der Waals surface area contributed by atoms with Crippen molar-refractivity contribution < 1.29 is 9.59 Å². The van der Waals surface area contributed by atoms with Gasteiger partial charge in [-0.2, -0.15) is 5.10 Å². The molecule has 1 fully saturated rings. The number of carbonyl (C=O) groups excluding carboxylic acids is 2. The predicted molar refractivity (Wildman–Crippen MR) is 110 cm³/mol. The third kappa shape index (κ3) is 3.97. The van der Waals surface area contributed by atoms with Crippen LogP contribution in [-0.2, 0) is 11.8 Å². The SMILES string of the molecule is Cn1cc([C@H]2CNC[C@@H]2C(=O)Nc2ccc(NC(=O)c3cccs3)cc2)cn1. The highest BCUT2D eigenvalue weighted by molar-refractivity contribution is 7.12. The van der Waals surface area contributed by atoms with Crippen molar-refractivity contribution in [2.24, 2.45) is 13.0 Å². The normalized spacial score (nSPS) is 18.8. The number of benzene rings is 1. The Morgan fingerprint density at radius 1 is 1.14 bits per heavy atom. The number of anilines is 2. The number of rotatable bonds is 5.